The van der Waals surface area contributed by atoms with Crippen LogP contribution in [-0.4, -0.2) is 34.3 Å². The molecule has 1 aliphatic heterocycles. The molecule has 3 aromatic rings. The summed E-state index contributed by atoms with van der Waals surface area (Å²) < 4.78 is 11.4. The number of hydrogen-bond acceptors (Lipinski definition) is 6. The molecule has 0 spiro atoms. The van der Waals surface area contributed by atoms with Crippen LogP contribution in [0.4, 0.5) is 5.82 Å². The van der Waals surface area contributed by atoms with Crippen LogP contribution >= 0.6 is 0 Å². The van der Waals surface area contributed by atoms with Crippen LogP contribution in [0.25, 0.3) is 11.4 Å². The summed E-state index contributed by atoms with van der Waals surface area (Å²) in [5, 5.41) is 3.34. The first kappa shape index (κ1) is 21.2. The fourth-order valence-corrected chi connectivity index (χ4v) is 3.50. The van der Waals surface area contributed by atoms with Gasteiger partial charge in [-0.05, 0) is 49.9 Å². The maximum atomic E-state index is 12.0. The fraction of sp³-hybridized carbons (Fsp3) is 0.375. The minimum atomic E-state index is -0.120. The summed E-state index contributed by atoms with van der Waals surface area (Å²) in [6, 6.07) is 12.2. The van der Waals surface area contributed by atoms with Gasteiger partial charge in [0, 0.05) is 42.8 Å². The van der Waals surface area contributed by atoms with Gasteiger partial charge in [0.25, 0.3) is 5.56 Å². The molecular formula is C24H28N4O3. The van der Waals surface area contributed by atoms with Crippen LogP contribution in [0.3, 0.4) is 0 Å². The maximum Gasteiger partial charge on any atom is 0.254 e. The van der Waals surface area contributed by atoms with Crippen molar-refractivity contribution in [3.63, 3.8) is 0 Å². The van der Waals surface area contributed by atoms with Crippen molar-refractivity contribution in [3.05, 3.63) is 75.3 Å². The Morgan fingerprint density at radius 3 is 2.71 bits per heavy atom. The molecule has 162 valence electrons. The number of nitrogens with one attached hydrogen (secondary N) is 2. The van der Waals surface area contributed by atoms with E-state index in [2.05, 4.69) is 44.5 Å². The number of H-pyrrole nitrogens is 1. The molecular weight excluding hydrogens is 392 g/mol. The van der Waals surface area contributed by atoms with E-state index < -0.39 is 0 Å². The van der Waals surface area contributed by atoms with Crippen LogP contribution in [0.2, 0.25) is 0 Å². The summed E-state index contributed by atoms with van der Waals surface area (Å²) in [4.78, 5) is 23.7. The van der Waals surface area contributed by atoms with Gasteiger partial charge in [0.15, 0.2) is 0 Å². The smallest absolute Gasteiger partial charge is 0.254 e. The summed E-state index contributed by atoms with van der Waals surface area (Å²) in [6.07, 6.45) is 3.94. The summed E-state index contributed by atoms with van der Waals surface area (Å²) in [5.74, 6) is 1.29. The highest BCUT2D eigenvalue weighted by molar-refractivity contribution is 5.56. The molecule has 0 atom stereocenters. The number of pyridine rings is 1. The molecule has 0 amide bonds. The highest BCUT2D eigenvalue weighted by Crippen LogP contribution is 2.17. The van der Waals surface area contributed by atoms with E-state index >= 15 is 0 Å². The molecule has 0 unspecified atom stereocenters. The second-order valence-electron chi connectivity index (χ2n) is 7.85. The second kappa shape index (κ2) is 9.85. The number of ether oxygens (including phenoxy) is 2. The highest BCUT2D eigenvalue weighted by atomic mass is 16.5. The van der Waals surface area contributed by atoms with Crippen LogP contribution in [0.15, 0.2) is 47.4 Å². The Labute approximate surface area is 181 Å². The highest BCUT2D eigenvalue weighted by Gasteiger charge is 2.14. The van der Waals surface area contributed by atoms with Crippen molar-refractivity contribution in [2.75, 3.05) is 18.5 Å². The maximum absolute atomic E-state index is 12.0. The Kier molecular flexibility index (Phi) is 6.74. The van der Waals surface area contributed by atoms with Gasteiger partial charge in [0.05, 0.1) is 12.7 Å². The molecule has 1 aliphatic rings. The first-order valence-electron chi connectivity index (χ1n) is 10.6. The summed E-state index contributed by atoms with van der Waals surface area (Å²) in [7, 11) is 0. The fourth-order valence-electron chi connectivity index (χ4n) is 3.50. The number of aromatic nitrogens is 3. The van der Waals surface area contributed by atoms with Gasteiger partial charge < -0.3 is 19.8 Å². The van der Waals surface area contributed by atoms with E-state index in [0.29, 0.717) is 30.6 Å². The Hall–Kier alpha value is -3.03. The zero-order valence-corrected chi connectivity index (χ0v) is 18.0. The standard InChI is InChI=1S/C24H28N4O3/c1-16-17(2)27-23(28-24(16)29)20-6-7-22(26-14-20)25-13-18-4-3-5-19(12-18)15-31-21-8-10-30-11-9-21/h3-7,12,14,21H,8-11,13,15H2,1-2H3,(H,25,26)(H,27,28,29). The molecule has 0 aliphatic carbocycles. The van der Waals surface area contributed by atoms with Gasteiger partial charge in [-0.1, -0.05) is 24.3 Å². The van der Waals surface area contributed by atoms with Gasteiger partial charge in [0.1, 0.15) is 11.6 Å². The topological polar surface area (TPSA) is 89.1 Å². The van der Waals surface area contributed by atoms with Gasteiger partial charge in [-0.25, -0.2) is 9.97 Å². The van der Waals surface area contributed by atoms with E-state index in [4.69, 9.17) is 9.47 Å². The van der Waals surface area contributed by atoms with Crippen molar-refractivity contribution >= 4 is 5.82 Å². The molecule has 1 saturated heterocycles. The van der Waals surface area contributed by atoms with Crippen molar-refractivity contribution in [1.29, 1.82) is 0 Å². The van der Waals surface area contributed by atoms with Crippen LogP contribution in [0.1, 0.15) is 35.2 Å². The van der Waals surface area contributed by atoms with Crippen molar-refractivity contribution in [2.24, 2.45) is 0 Å². The minimum absolute atomic E-state index is 0.120. The Morgan fingerprint density at radius 1 is 1.16 bits per heavy atom. The molecule has 7 heteroatoms. The lowest BCUT2D eigenvalue weighted by Crippen LogP contribution is -2.23. The second-order valence-corrected chi connectivity index (χ2v) is 7.85. The number of nitrogens with zero attached hydrogens (tertiary/aromatic N) is 2. The molecule has 2 N–H and O–H groups in total. The average molecular weight is 421 g/mol. The van der Waals surface area contributed by atoms with E-state index in [9.17, 15) is 4.79 Å². The number of aryl methyl sites for hydroxylation is 1. The number of hydrogen-bond donors (Lipinski definition) is 2. The number of rotatable bonds is 7. The summed E-state index contributed by atoms with van der Waals surface area (Å²) in [5.41, 5.74) is 4.35. The summed E-state index contributed by atoms with van der Waals surface area (Å²) >= 11 is 0. The van der Waals surface area contributed by atoms with Crippen molar-refractivity contribution in [3.8, 4) is 11.4 Å². The average Bonchev–Trinajstić information content (AvgIpc) is 2.81. The normalized spacial score (nSPS) is 14.5. The van der Waals surface area contributed by atoms with E-state index in [1.165, 1.54) is 11.1 Å². The van der Waals surface area contributed by atoms with E-state index in [-0.39, 0.29) is 5.56 Å². The molecule has 31 heavy (non-hydrogen) atoms. The molecule has 0 radical (unpaired) electrons. The summed E-state index contributed by atoms with van der Waals surface area (Å²) in [6.45, 7) is 6.46. The lowest BCUT2D eigenvalue weighted by molar-refractivity contribution is -0.0390. The third-order valence-corrected chi connectivity index (χ3v) is 5.55. The Morgan fingerprint density at radius 2 is 1.97 bits per heavy atom. The molecule has 1 aromatic carbocycles. The van der Waals surface area contributed by atoms with Crippen LogP contribution < -0.4 is 10.9 Å². The molecule has 2 aromatic heterocycles. The predicted molar refractivity (Wildman–Crippen MR) is 120 cm³/mol. The van der Waals surface area contributed by atoms with E-state index in [1.54, 1.807) is 13.1 Å². The zero-order valence-electron chi connectivity index (χ0n) is 18.0. The molecule has 1 fully saturated rings. The first-order valence-corrected chi connectivity index (χ1v) is 10.6. The lowest BCUT2D eigenvalue weighted by atomic mass is 10.1. The monoisotopic (exact) mass is 420 g/mol. The SMILES string of the molecule is Cc1nc(-c2ccc(NCc3cccc(COC4CCOCC4)c3)nc2)[nH]c(=O)c1C. The third-order valence-electron chi connectivity index (χ3n) is 5.55. The quantitative estimate of drug-likeness (QED) is 0.605. The number of aromatic amines is 1. The van der Waals surface area contributed by atoms with E-state index in [0.717, 1.165) is 43.1 Å². The van der Waals surface area contributed by atoms with Gasteiger partial charge >= 0.3 is 0 Å². The molecule has 4 rings (SSSR count). The van der Waals surface area contributed by atoms with Gasteiger partial charge in [-0.15, -0.1) is 0 Å². The molecule has 0 bridgehead atoms. The van der Waals surface area contributed by atoms with E-state index in [1.807, 2.05) is 19.1 Å². The van der Waals surface area contributed by atoms with Crippen LogP contribution in [-0.2, 0) is 22.6 Å². The largest absolute Gasteiger partial charge is 0.381 e. The Bertz CT molecular complexity index is 1070. The van der Waals surface area contributed by atoms with Gasteiger partial charge in [-0.3, -0.25) is 4.79 Å². The predicted octanol–water partition coefficient (Wildman–Crippen LogP) is 3.76. The van der Waals surface area contributed by atoms with Gasteiger partial charge in [-0.2, -0.15) is 0 Å². The van der Waals surface area contributed by atoms with Crippen molar-refractivity contribution < 1.29 is 9.47 Å². The Balaban J connectivity index is 1.34. The van der Waals surface area contributed by atoms with Crippen molar-refractivity contribution in [2.45, 2.75) is 45.9 Å². The third kappa shape index (κ3) is 5.57. The number of benzene rings is 1. The zero-order chi connectivity index (χ0) is 21.6. The van der Waals surface area contributed by atoms with Crippen molar-refractivity contribution in [1.82, 2.24) is 15.0 Å². The molecule has 3 heterocycles. The first-order chi connectivity index (χ1) is 15.1. The molecule has 0 saturated carbocycles. The van der Waals surface area contributed by atoms with Crippen LogP contribution in [0.5, 0.6) is 0 Å². The molecule has 7 nitrogen and oxygen atoms in total. The van der Waals surface area contributed by atoms with Crippen LogP contribution in [0, 0.1) is 13.8 Å². The number of anilines is 1. The van der Waals surface area contributed by atoms with Gasteiger partial charge in [0.2, 0.25) is 0 Å². The minimum Gasteiger partial charge on any atom is -0.381 e. The lowest BCUT2D eigenvalue weighted by Gasteiger charge is -2.22.